The number of hydrogen-bond donors (Lipinski definition) is 1. The van der Waals surface area contributed by atoms with Gasteiger partial charge in [-0.05, 0) is 30.3 Å². The Morgan fingerprint density at radius 2 is 1.57 bits per heavy atom. The minimum atomic E-state index is 0.517. The van der Waals surface area contributed by atoms with Crippen LogP contribution in [-0.2, 0) is 0 Å². The van der Waals surface area contributed by atoms with Crippen molar-refractivity contribution in [3.8, 4) is 0 Å². The van der Waals surface area contributed by atoms with Crippen molar-refractivity contribution < 1.29 is 0 Å². The fourth-order valence-electron chi connectivity index (χ4n) is 2.10. The molecule has 5 heteroatoms. The maximum Gasteiger partial charge on any atom is 0.0979 e. The Labute approximate surface area is 144 Å². The lowest BCUT2D eigenvalue weighted by molar-refractivity contribution is 1.29. The van der Waals surface area contributed by atoms with Gasteiger partial charge in [-0.3, -0.25) is 10.4 Å². The molecule has 0 aliphatic heterocycles. The van der Waals surface area contributed by atoms with Crippen molar-refractivity contribution in [3.63, 3.8) is 0 Å². The first kappa shape index (κ1) is 15.5. The molecule has 0 saturated heterocycles. The minimum Gasteiger partial charge on any atom is -0.276 e. The number of hydrogen-bond acceptors (Lipinski definition) is 3. The Morgan fingerprint density at radius 1 is 0.870 bits per heavy atom. The molecule has 0 radical (unpaired) electrons. The number of halogens is 2. The lowest BCUT2D eigenvalue weighted by atomic mass is 10.0. The molecule has 0 aliphatic rings. The summed E-state index contributed by atoms with van der Waals surface area (Å²) in [4.78, 5) is 4.05. The summed E-state index contributed by atoms with van der Waals surface area (Å²) in [5.74, 6) is 0. The van der Waals surface area contributed by atoms with Gasteiger partial charge in [0.15, 0.2) is 0 Å². The van der Waals surface area contributed by atoms with Crippen molar-refractivity contribution >= 4 is 34.6 Å². The summed E-state index contributed by atoms with van der Waals surface area (Å²) in [5.41, 5.74) is 6.47. The molecule has 0 aliphatic carbocycles. The third-order valence-electron chi connectivity index (χ3n) is 3.22. The van der Waals surface area contributed by atoms with Gasteiger partial charge in [-0.2, -0.15) is 5.10 Å². The second-order valence-electron chi connectivity index (χ2n) is 4.80. The molecule has 0 spiro atoms. The Balaban J connectivity index is 1.98. The zero-order valence-electron chi connectivity index (χ0n) is 12.1. The van der Waals surface area contributed by atoms with Crippen molar-refractivity contribution in [2.24, 2.45) is 5.10 Å². The van der Waals surface area contributed by atoms with E-state index in [2.05, 4.69) is 15.5 Å². The number of nitrogens with zero attached hydrogens (tertiary/aromatic N) is 2. The van der Waals surface area contributed by atoms with Crippen molar-refractivity contribution in [1.82, 2.24) is 4.98 Å². The molecule has 3 aromatic rings. The molecule has 3 nitrogen and oxygen atoms in total. The number of rotatable bonds is 4. The second kappa shape index (κ2) is 7.27. The Kier molecular flexibility index (Phi) is 4.91. The van der Waals surface area contributed by atoms with Gasteiger partial charge < -0.3 is 0 Å². The third kappa shape index (κ3) is 3.89. The number of nitrogens with one attached hydrogen (secondary N) is 1. The quantitative estimate of drug-likeness (QED) is 0.519. The van der Waals surface area contributed by atoms with Crippen molar-refractivity contribution in [3.05, 3.63) is 94.2 Å². The van der Waals surface area contributed by atoms with E-state index in [1.54, 1.807) is 30.6 Å². The second-order valence-corrected chi connectivity index (χ2v) is 5.64. The topological polar surface area (TPSA) is 37.3 Å². The van der Waals surface area contributed by atoms with Gasteiger partial charge in [0.1, 0.15) is 0 Å². The van der Waals surface area contributed by atoms with Crippen LogP contribution in [0.5, 0.6) is 0 Å². The summed E-state index contributed by atoms with van der Waals surface area (Å²) < 4.78 is 0. The van der Waals surface area contributed by atoms with E-state index in [-0.39, 0.29) is 0 Å². The summed E-state index contributed by atoms with van der Waals surface area (Å²) in [7, 11) is 0. The van der Waals surface area contributed by atoms with Gasteiger partial charge in [-0.15, -0.1) is 0 Å². The molecule has 1 heterocycles. The molecule has 3 rings (SSSR count). The minimum absolute atomic E-state index is 0.517. The maximum absolute atomic E-state index is 6.18. The van der Waals surface area contributed by atoms with E-state index < -0.39 is 0 Å². The normalized spacial score (nSPS) is 11.3. The molecule has 0 unspecified atom stereocenters. The fourth-order valence-corrected chi connectivity index (χ4v) is 2.55. The van der Waals surface area contributed by atoms with E-state index in [9.17, 15) is 0 Å². The van der Waals surface area contributed by atoms with Crippen LogP contribution in [0.4, 0.5) is 5.69 Å². The van der Waals surface area contributed by atoms with E-state index in [1.807, 2.05) is 42.5 Å². The molecule has 0 saturated carbocycles. The first-order valence-corrected chi connectivity index (χ1v) is 7.74. The first-order chi connectivity index (χ1) is 11.2. The van der Waals surface area contributed by atoms with Crippen LogP contribution in [0.1, 0.15) is 11.1 Å². The smallest absolute Gasteiger partial charge is 0.0979 e. The van der Waals surface area contributed by atoms with Gasteiger partial charge in [0.05, 0.1) is 16.4 Å². The summed E-state index contributed by atoms with van der Waals surface area (Å²) in [5, 5.41) is 5.64. The summed E-state index contributed by atoms with van der Waals surface area (Å²) in [6.45, 7) is 0. The van der Waals surface area contributed by atoms with Crippen LogP contribution < -0.4 is 5.43 Å². The lowest BCUT2D eigenvalue weighted by Gasteiger charge is -2.09. The lowest BCUT2D eigenvalue weighted by Crippen LogP contribution is -2.06. The Morgan fingerprint density at radius 3 is 2.26 bits per heavy atom. The van der Waals surface area contributed by atoms with Gasteiger partial charge in [-0.25, -0.2) is 0 Å². The van der Waals surface area contributed by atoms with Crippen LogP contribution in [-0.4, -0.2) is 10.7 Å². The Bertz CT molecular complexity index is 777. The van der Waals surface area contributed by atoms with Crippen LogP contribution in [0.25, 0.3) is 0 Å². The van der Waals surface area contributed by atoms with Crippen LogP contribution in [0.3, 0.4) is 0 Å². The standard InChI is InChI=1S/C18H13Cl2N3/c19-15-6-7-17(16(20)12-15)22-23-18(13-4-2-1-3-5-13)14-8-10-21-11-9-14/h1-12,22H/b23-18-. The van der Waals surface area contributed by atoms with Crippen molar-refractivity contribution in [2.45, 2.75) is 0 Å². The molecule has 0 bridgehead atoms. The molecular weight excluding hydrogens is 329 g/mol. The molecule has 114 valence electrons. The number of pyridine rings is 1. The molecular formula is C18H13Cl2N3. The van der Waals surface area contributed by atoms with E-state index in [4.69, 9.17) is 23.2 Å². The van der Waals surface area contributed by atoms with E-state index in [0.29, 0.717) is 15.7 Å². The predicted octanol–water partition coefficient (Wildman–Crippen LogP) is 5.25. The third-order valence-corrected chi connectivity index (χ3v) is 3.77. The number of hydrazone groups is 1. The van der Waals surface area contributed by atoms with Gasteiger partial charge in [-0.1, -0.05) is 53.5 Å². The molecule has 0 atom stereocenters. The van der Waals surface area contributed by atoms with E-state index >= 15 is 0 Å². The van der Waals surface area contributed by atoms with Gasteiger partial charge in [0, 0.05) is 28.5 Å². The largest absolute Gasteiger partial charge is 0.276 e. The highest BCUT2D eigenvalue weighted by Gasteiger charge is 2.07. The van der Waals surface area contributed by atoms with Gasteiger partial charge in [0.2, 0.25) is 0 Å². The van der Waals surface area contributed by atoms with Gasteiger partial charge in [0.25, 0.3) is 0 Å². The Hall–Kier alpha value is -2.36. The summed E-state index contributed by atoms with van der Waals surface area (Å²) in [6, 6.07) is 19.0. The maximum atomic E-state index is 6.18. The van der Waals surface area contributed by atoms with E-state index in [0.717, 1.165) is 16.8 Å². The monoisotopic (exact) mass is 341 g/mol. The zero-order valence-corrected chi connectivity index (χ0v) is 13.6. The van der Waals surface area contributed by atoms with E-state index in [1.165, 1.54) is 0 Å². The first-order valence-electron chi connectivity index (χ1n) is 6.98. The molecule has 23 heavy (non-hydrogen) atoms. The molecule has 1 N–H and O–H groups in total. The fraction of sp³-hybridized carbons (Fsp3) is 0. The number of aromatic nitrogens is 1. The van der Waals surface area contributed by atoms with Crippen LogP contribution in [0.15, 0.2) is 78.2 Å². The predicted molar refractivity (Wildman–Crippen MR) is 96.4 cm³/mol. The highest BCUT2D eigenvalue weighted by molar-refractivity contribution is 6.36. The van der Waals surface area contributed by atoms with Crippen molar-refractivity contribution in [1.29, 1.82) is 0 Å². The number of anilines is 1. The zero-order chi connectivity index (χ0) is 16.1. The highest BCUT2D eigenvalue weighted by Crippen LogP contribution is 2.25. The molecule has 2 aromatic carbocycles. The summed E-state index contributed by atoms with van der Waals surface area (Å²) >= 11 is 12.1. The molecule has 0 amide bonds. The van der Waals surface area contributed by atoms with Crippen LogP contribution >= 0.6 is 23.2 Å². The van der Waals surface area contributed by atoms with Gasteiger partial charge >= 0.3 is 0 Å². The highest BCUT2D eigenvalue weighted by atomic mass is 35.5. The SMILES string of the molecule is Clc1ccc(N/N=C(/c2ccccc2)c2ccncc2)c(Cl)c1. The van der Waals surface area contributed by atoms with Crippen molar-refractivity contribution in [2.75, 3.05) is 5.43 Å². The molecule has 1 aromatic heterocycles. The number of benzene rings is 2. The molecule has 0 fully saturated rings. The van der Waals surface area contributed by atoms with Crippen LogP contribution in [0.2, 0.25) is 10.0 Å². The average molecular weight is 342 g/mol. The summed E-state index contributed by atoms with van der Waals surface area (Å²) in [6.07, 6.45) is 3.48. The van der Waals surface area contributed by atoms with Crippen LogP contribution in [0, 0.1) is 0 Å². The average Bonchev–Trinajstić information content (AvgIpc) is 2.59.